The molecule has 4 heteroatoms. The Labute approximate surface area is 128 Å². The molecule has 2 heterocycles. The summed E-state index contributed by atoms with van der Waals surface area (Å²) in [6.45, 7) is 6.85. The van der Waals surface area contributed by atoms with E-state index in [1.54, 1.807) is 0 Å². The average Bonchev–Trinajstić information content (AvgIpc) is 2.98. The first kappa shape index (κ1) is 14.2. The SMILES string of the molecule is CCNC(c1cc2cc(Cl)ccc2o1)c1cc(C)oc1C. The van der Waals surface area contributed by atoms with Crippen LogP contribution >= 0.6 is 11.6 Å². The van der Waals surface area contributed by atoms with Gasteiger partial charge in [-0.05, 0) is 50.7 Å². The molecule has 0 bridgehead atoms. The number of aryl methyl sites for hydroxylation is 2. The molecule has 0 amide bonds. The van der Waals surface area contributed by atoms with Gasteiger partial charge in [-0.2, -0.15) is 0 Å². The maximum Gasteiger partial charge on any atom is 0.134 e. The number of hydrogen-bond donors (Lipinski definition) is 1. The Morgan fingerprint density at radius 2 is 1.95 bits per heavy atom. The van der Waals surface area contributed by atoms with E-state index in [0.29, 0.717) is 5.02 Å². The minimum Gasteiger partial charge on any atom is -0.466 e. The maximum absolute atomic E-state index is 6.04. The van der Waals surface area contributed by atoms with Gasteiger partial charge in [-0.15, -0.1) is 0 Å². The standard InChI is InChI=1S/C17H18ClNO2/c1-4-19-17(14-7-10(2)20-11(14)3)16-9-12-8-13(18)5-6-15(12)21-16/h5-9,17,19H,4H2,1-3H3. The largest absolute Gasteiger partial charge is 0.466 e. The fraction of sp³-hybridized carbons (Fsp3) is 0.294. The van der Waals surface area contributed by atoms with Crippen molar-refractivity contribution in [2.45, 2.75) is 26.8 Å². The van der Waals surface area contributed by atoms with Crippen LogP contribution in [0, 0.1) is 13.8 Å². The highest BCUT2D eigenvalue weighted by Gasteiger charge is 2.22. The Balaban J connectivity index is 2.08. The molecule has 1 aromatic carbocycles. The van der Waals surface area contributed by atoms with Crippen molar-refractivity contribution < 1.29 is 8.83 Å². The Bertz CT molecular complexity index is 772. The van der Waals surface area contributed by atoms with Gasteiger partial charge in [0, 0.05) is 16.0 Å². The lowest BCUT2D eigenvalue weighted by Crippen LogP contribution is -2.21. The van der Waals surface area contributed by atoms with Crippen molar-refractivity contribution in [2.24, 2.45) is 0 Å². The topological polar surface area (TPSA) is 38.3 Å². The second kappa shape index (κ2) is 5.58. The Morgan fingerprint density at radius 1 is 1.14 bits per heavy atom. The number of nitrogens with one attached hydrogen (secondary N) is 1. The third kappa shape index (κ3) is 2.71. The molecule has 1 atom stereocenters. The number of furan rings is 2. The van der Waals surface area contributed by atoms with Crippen LogP contribution in [0.2, 0.25) is 5.02 Å². The second-order valence-corrected chi connectivity index (χ2v) is 5.63. The summed E-state index contributed by atoms with van der Waals surface area (Å²) in [6, 6.07) is 9.74. The molecule has 0 saturated carbocycles. The first-order chi connectivity index (χ1) is 10.1. The van der Waals surface area contributed by atoms with E-state index < -0.39 is 0 Å². The van der Waals surface area contributed by atoms with E-state index in [1.165, 1.54) is 0 Å². The number of fused-ring (bicyclic) bond motifs is 1. The third-order valence-electron chi connectivity index (χ3n) is 3.58. The highest BCUT2D eigenvalue weighted by Crippen LogP contribution is 2.32. The van der Waals surface area contributed by atoms with Crippen molar-refractivity contribution >= 4 is 22.6 Å². The quantitative estimate of drug-likeness (QED) is 0.737. The number of benzene rings is 1. The Morgan fingerprint density at radius 3 is 2.62 bits per heavy atom. The average molecular weight is 304 g/mol. The molecule has 110 valence electrons. The van der Waals surface area contributed by atoms with Crippen LogP contribution in [0.4, 0.5) is 0 Å². The van der Waals surface area contributed by atoms with Crippen molar-refractivity contribution in [1.82, 2.24) is 5.32 Å². The van der Waals surface area contributed by atoms with Crippen molar-refractivity contribution in [3.8, 4) is 0 Å². The molecule has 1 unspecified atom stereocenters. The normalized spacial score (nSPS) is 13.0. The first-order valence-corrected chi connectivity index (χ1v) is 7.45. The minimum atomic E-state index is -0.0152. The summed E-state index contributed by atoms with van der Waals surface area (Å²) in [5.74, 6) is 2.69. The summed E-state index contributed by atoms with van der Waals surface area (Å²) in [6.07, 6.45) is 0. The zero-order chi connectivity index (χ0) is 15.0. The molecule has 0 spiro atoms. The minimum absolute atomic E-state index is 0.0152. The van der Waals surface area contributed by atoms with Crippen molar-refractivity contribution in [1.29, 1.82) is 0 Å². The van der Waals surface area contributed by atoms with Gasteiger partial charge in [0.05, 0.1) is 6.04 Å². The number of halogens is 1. The van der Waals surface area contributed by atoms with E-state index in [1.807, 2.05) is 38.1 Å². The zero-order valence-electron chi connectivity index (χ0n) is 12.4. The fourth-order valence-corrected chi connectivity index (χ4v) is 2.86. The fourth-order valence-electron chi connectivity index (χ4n) is 2.68. The summed E-state index contributed by atoms with van der Waals surface area (Å²) in [5.41, 5.74) is 1.95. The van der Waals surface area contributed by atoms with Crippen LogP contribution in [-0.4, -0.2) is 6.54 Å². The Hall–Kier alpha value is -1.71. The van der Waals surface area contributed by atoms with Crippen LogP contribution in [0.15, 0.2) is 39.2 Å². The van der Waals surface area contributed by atoms with E-state index in [2.05, 4.69) is 18.3 Å². The van der Waals surface area contributed by atoms with Gasteiger partial charge >= 0.3 is 0 Å². The third-order valence-corrected chi connectivity index (χ3v) is 3.82. The lowest BCUT2D eigenvalue weighted by Gasteiger charge is -2.14. The molecular weight excluding hydrogens is 286 g/mol. The summed E-state index contributed by atoms with van der Waals surface area (Å²) >= 11 is 6.04. The van der Waals surface area contributed by atoms with Crippen molar-refractivity contribution in [2.75, 3.05) is 6.54 Å². The molecule has 0 aliphatic carbocycles. The number of hydrogen-bond acceptors (Lipinski definition) is 3. The molecule has 0 aliphatic rings. The number of rotatable bonds is 4. The Kier molecular flexibility index (Phi) is 3.79. The molecule has 3 rings (SSSR count). The van der Waals surface area contributed by atoms with Gasteiger partial charge in [0.2, 0.25) is 0 Å². The predicted octanol–water partition coefficient (Wildman–Crippen LogP) is 4.99. The monoisotopic (exact) mass is 303 g/mol. The van der Waals surface area contributed by atoms with Gasteiger partial charge in [-0.1, -0.05) is 18.5 Å². The lowest BCUT2D eigenvalue weighted by molar-refractivity contribution is 0.461. The smallest absolute Gasteiger partial charge is 0.134 e. The molecule has 0 radical (unpaired) electrons. The van der Waals surface area contributed by atoms with Crippen LogP contribution in [0.1, 0.15) is 35.8 Å². The zero-order valence-corrected chi connectivity index (χ0v) is 13.1. The van der Waals surface area contributed by atoms with Crippen LogP contribution < -0.4 is 5.32 Å². The van der Waals surface area contributed by atoms with E-state index in [-0.39, 0.29) is 6.04 Å². The van der Waals surface area contributed by atoms with E-state index in [9.17, 15) is 0 Å². The molecule has 21 heavy (non-hydrogen) atoms. The molecule has 0 aliphatic heterocycles. The summed E-state index contributed by atoms with van der Waals surface area (Å²) in [7, 11) is 0. The van der Waals surface area contributed by atoms with Crippen LogP contribution in [0.25, 0.3) is 11.0 Å². The van der Waals surface area contributed by atoms with E-state index in [4.69, 9.17) is 20.4 Å². The van der Waals surface area contributed by atoms with Gasteiger partial charge in [-0.25, -0.2) is 0 Å². The molecule has 3 nitrogen and oxygen atoms in total. The van der Waals surface area contributed by atoms with Gasteiger partial charge in [0.1, 0.15) is 22.9 Å². The molecule has 1 N–H and O–H groups in total. The molecular formula is C17H18ClNO2. The van der Waals surface area contributed by atoms with Crippen LogP contribution in [-0.2, 0) is 0 Å². The van der Waals surface area contributed by atoms with Gasteiger partial charge < -0.3 is 14.2 Å². The van der Waals surface area contributed by atoms with Crippen LogP contribution in [0.5, 0.6) is 0 Å². The summed E-state index contributed by atoms with van der Waals surface area (Å²) in [4.78, 5) is 0. The maximum atomic E-state index is 6.04. The molecule has 3 aromatic rings. The molecule has 2 aromatic heterocycles. The molecule has 0 fully saturated rings. The second-order valence-electron chi connectivity index (χ2n) is 5.19. The summed E-state index contributed by atoms with van der Waals surface area (Å²) < 4.78 is 11.6. The highest BCUT2D eigenvalue weighted by atomic mass is 35.5. The highest BCUT2D eigenvalue weighted by molar-refractivity contribution is 6.31. The van der Waals surface area contributed by atoms with E-state index in [0.717, 1.165) is 40.4 Å². The van der Waals surface area contributed by atoms with Gasteiger partial charge in [0.15, 0.2) is 0 Å². The lowest BCUT2D eigenvalue weighted by atomic mass is 10.0. The van der Waals surface area contributed by atoms with Gasteiger partial charge in [0.25, 0.3) is 0 Å². The molecule has 0 saturated heterocycles. The van der Waals surface area contributed by atoms with Crippen molar-refractivity contribution in [3.05, 3.63) is 58.2 Å². The first-order valence-electron chi connectivity index (χ1n) is 7.07. The predicted molar refractivity (Wildman–Crippen MR) is 84.9 cm³/mol. The van der Waals surface area contributed by atoms with Gasteiger partial charge in [-0.3, -0.25) is 0 Å². The van der Waals surface area contributed by atoms with Crippen LogP contribution in [0.3, 0.4) is 0 Å². The summed E-state index contributed by atoms with van der Waals surface area (Å²) in [5, 5.41) is 5.18. The van der Waals surface area contributed by atoms with E-state index >= 15 is 0 Å². The van der Waals surface area contributed by atoms with Crippen molar-refractivity contribution in [3.63, 3.8) is 0 Å².